The molecule has 0 spiro atoms. The monoisotopic (exact) mass is 429 g/mol. The number of ether oxygens (including phenoxy) is 3. The smallest absolute Gasteiger partial charge is 0.263 e. The SMILES string of the molecule is CC1(C)OC2[C@H](n3cnc4c(NC(=O)c5ccccc5)ncnc43)OC(F)(CO)[C@@H]2O1. The summed E-state index contributed by atoms with van der Waals surface area (Å²) < 4.78 is 33.7. The summed E-state index contributed by atoms with van der Waals surface area (Å²) in [7, 11) is 0. The van der Waals surface area contributed by atoms with Gasteiger partial charge in [-0.1, -0.05) is 18.2 Å². The Bertz CT molecular complexity index is 1140. The molecule has 2 aliphatic heterocycles. The van der Waals surface area contributed by atoms with Crippen molar-refractivity contribution in [2.45, 2.75) is 43.9 Å². The Hall–Kier alpha value is -2.99. The normalized spacial score (nSPS) is 29.2. The van der Waals surface area contributed by atoms with E-state index in [-0.39, 0.29) is 11.7 Å². The number of aromatic nitrogens is 4. The maximum absolute atomic E-state index is 15.2. The summed E-state index contributed by atoms with van der Waals surface area (Å²) in [5.41, 5.74) is 1.06. The molecular weight excluding hydrogens is 409 g/mol. The van der Waals surface area contributed by atoms with Crippen molar-refractivity contribution in [3.63, 3.8) is 0 Å². The van der Waals surface area contributed by atoms with Crippen molar-refractivity contribution in [3.8, 4) is 0 Å². The summed E-state index contributed by atoms with van der Waals surface area (Å²) in [4.78, 5) is 25.2. The van der Waals surface area contributed by atoms with Crippen LogP contribution in [0, 0.1) is 0 Å². The number of benzene rings is 1. The number of imidazole rings is 1. The van der Waals surface area contributed by atoms with Crippen LogP contribution in [0.15, 0.2) is 43.0 Å². The van der Waals surface area contributed by atoms with E-state index in [2.05, 4.69) is 20.3 Å². The maximum Gasteiger partial charge on any atom is 0.263 e. The number of nitrogens with zero attached hydrogens (tertiary/aromatic N) is 4. The highest BCUT2D eigenvalue weighted by Crippen LogP contribution is 2.49. The van der Waals surface area contributed by atoms with Crippen LogP contribution in [0.25, 0.3) is 11.2 Å². The second kappa shape index (κ2) is 7.02. The molecule has 11 heteroatoms. The van der Waals surface area contributed by atoms with Crippen molar-refractivity contribution >= 4 is 22.9 Å². The second-order valence-electron chi connectivity index (χ2n) is 7.84. The molecule has 2 saturated heterocycles. The lowest BCUT2D eigenvalue weighted by Gasteiger charge is -2.27. The Balaban J connectivity index is 1.50. The average Bonchev–Trinajstić information content (AvgIpc) is 3.40. The molecular formula is C20H20FN5O5. The molecule has 2 aliphatic rings. The largest absolute Gasteiger partial charge is 0.390 e. The second-order valence-corrected chi connectivity index (χ2v) is 7.84. The van der Waals surface area contributed by atoms with Gasteiger partial charge >= 0.3 is 0 Å². The fourth-order valence-electron chi connectivity index (χ4n) is 3.91. The highest BCUT2D eigenvalue weighted by atomic mass is 19.2. The van der Waals surface area contributed by atoms with Crippen molar-refractivity contribution in [2.24, 2.45) is 0 Å². The number of fused-ring (bicyclic) bond motifs is 2. The van der Waals surface area contributed by atoms with Gasteiger partial charge in [0, 0.05) is 5.56 Å². The van der Waals surface area contributed by atoms with E-state index in [4.69, 9.17) is 14.2 Å². The zero-order valence-electron chi connectivity index (χ0n) is 16.7. The molecule has 2 N–H and O–H groups in total. The summed E-state index contributed by atoms with van der Waals surface area (Å²) in [6, 6.07) is 8.66. The van der Waals surface area contributed by atoms with Crippen LogP contribution in [-0.4, -0.2) is 61.0 Å². The van der Waals surface area contributed by atoms with Crippen LogP contribution in [-0.2, 0) is 14.2 Å². The van der Waals surface area contributed by atoms with Crippen molar-refractivity contribution in [1.82, 2.24) is 19.5 Å². The number of alkyl halides is 1. The Morgan fingerprint density at radius 2 is 1.97 bits per heavy atom. The van der Waals surface area contributed by atoms with Crippen molar-refractivity contribution in [1.29, 1.82) is 0 Å². The van der Waals surface area contributed by atoms with Gasteiger partial charge in [0.05, 0.1) is 6.33 Å². The topological polar surface area (TPSA) is 121 Å². The molecule has 2 aromatic heterocycles. The lowest BCUT2D eigenvalue weighted by atomic mass is 10.1. The third kappa shape index (κ3) is 3.26. The Morgan fingerprint density at radius 3 is 2.71 bits per heavy atom. The van der Waals surface area contributed by atoms with Crippen molar-refractivity contribution < 1.29 is 28.5 Å². The maximum atomic E-state index is 15.2. The number of hydrogen-bond donors (Lipinski definition) is 2. The summed E-state index contributed by atoms with van der Waals surface area (Å²) >= 11 is 0. The standard InChI is InChI=1S/C20H20FN5O5/c1-19(2)29-13-14(30-19)20(21,8-27)31-18(13)26-10-24-12-15(22-9-23-16(12)26)25-17(28)11-6-4-3-5-7-11/h3-7,9-10,13-14,18,27H,8H2,1-2H3,(H,22,23,25,28)/t13?,14-,18-,20?/m1/s1. The van der Waals surface area contributed by atoms with Gasteiger partial charge in [-0.3, -0.25) is 9.36 Å². The number of aliphatic hydroxyl groups is 1. The summed E-state index contributed by atoms with van der Waals surface area (Å²) in [5, 5.41) is 12.3. The third-order valence-corrected chi connectivity index (χ3v) is 5.27. The zero-order chi connectivity index (χ0) is 21.8. The lowest BCUT2D eigenvalue weighted by Crippen LogP contribution is -2.42. The Labute approximate surface area is 176 Å². The van der Waals surface area contributed by atoms with Crippen LogP contribution >= 0.6 is 0 Å². The minimum atomic E-state index is -2.45. The number of anilines is 1. The van der Waals surface area contributed by atoms with E-state index >= 15 is 4.39 Å². The molecule has 0 aliphatic carbocycles. The number of carbonyl (C=O) groups excluding carboxylic acids is 1. The molecule has 4 heterocycles. The van der Waals surface area contributed by atoms with Crippen LogP contribution in [0.4, 0.5) is 10.2 Å². The van der Waals surface area contributed by atoms with Crippen LogP contribution in [0.2, 0.25) is 0 Å². The van der Waals surface area contributed by atoms with E-state index in [1.165, 1.54) is 17.2 Å². The molecule has 2 unspecified atom stereocenters. The number of aliphatic hydroxyl groups excluding tert-OH is 1. The number of nitrogens with one attached hydrogen (secondary N) is 1. The minimum absolute atomic E-state index is 0.199. The van der Waals surface area contributed by atoms with Crippen molar-refractivity contribution in [2.75, 3.05) is 11.9 Å². The van der Waals surface area contributed by atoms with E-state index in [0.717, 1.165) is 0 Å². The van der Waals surface area contributed by atoms with Gasteiger partial charge in [0.2, 0.25) is 0 Å². The van der Waals surface area contributed by atoms with Gasteiger partial charge < -0.3 is 24.6 Å². The number of halogens is 1. The molecule has 10 nitrogen and oxygen atoms in total. The molecule has 0 saturated carbocycles. The molecule has 1 amide bonds. The van der Waals surface area contributed by atoms with Crippen LogP contribution in [0.5, 0.6) is 0 Å². The van der Waals surface area contributed by atoms with Gasteiger partial charge in [0.15, 0.2) is 35.1 Å². The third-order valence-electron chi connectivity index (χ3n) is 5.27. The molecule has 2 fully saturated rings. The first kappa shape index (κ1) is 19.9. The number of amides is 1. The van der Waals surface area contributed by atoms with Crippen molar-refractivity contribution in [3.05, 3.63) is 48.5 Å². The van der Waals surface area contributed by atoms with E-state index in [0.29, 0.717) is 16.7 Å². The minimum Gasteiger partial charge on any atom is -0.390 e. The first-order valence-electron chi connectivity index (χ1n) is 9.68. The van der Waals surface area contributed by atoms with E-state index < -0.39 is 36.7 Å². The summed E-state index contributed by atoms with van der Waals surface area (Å²) in [6.07, 6.45) is -0.313. The van der Waals surface area contributed by atoms with Crippen LogP contribution < -0.4 is 5.32 Å². The Morgan fingerprint density at radius 1 is 1.19 bits per heavy atom. The number of carbonyl (C=O) groups is 1. The molecule has 3 aromatic rings. The van der Waals surface area contributed by atoms with Gasteiger partial charge in [-0.25, -0.2) is 19.3 Å². The van der Waals surface area contributed by atoms with Gasteiger partial charge in [-0.05, 0) is 26.0 Å². The van der Waals surface area contributed by atoms with Gasteiger partial charge in [0.1, 0.15) is 19.0 Å². The summed E-state index contributed by atoms with van der Waals surface area (Å²) in [6.45, 7) is 2.42. The number of hydrogen-bond acceptors (Lipinski definition) is 8. The fraction of sp³-hybridized carbons (Fsp3) is 0.400. The number of rotatable bonds is 4. The predicted molar refractivity (Wildman–Crippen MR) is 105 cm³/mol. The Kier molecular flexibility index (Phi) is 4.52. The average molecular weight is 429 g/mol. The first-order chi connectivity index (χ1) is 14.8. The van der Waals surface area contributed by atoms with E-state index in [1.54, 1.807) is 38.1 Å². The molecule has 31 heavy (non-hydrogen) atoms. The first-order valence-corrected chi connectivity index (χ1v) is 9.68. The fourth-order valence-corrected chi connectivity index (χ4v) is 3.91. The molecule has 5 rings (SSSR count). The predicted octanol–water partition coefficient (Wildman–Crippen LogP) is 1.79. The molecule has 162 valence electrons. The molecule has 0 radical (unpaired) electrons. The van der Waals surface area contributed by atoms with E-state index in [1.807, 2.05) is 6.07 Å². The highest BCUT2D eigenvalue weighted by Gasteiger charge is 2.64. The lowest BCUT2D eigenvalue weighted by molar-refractivity contribution is -0.264. The van der Waals surface area contributed by atoms with Crippen LogP contribution in [0.3, 0.4) is 0 Å². The summed E-state index contributed by atoms with van der Waals surface area (Å²) in [5.74, 6) is -3.66. The quantitative estimate of drug-likeness (QED) is 0.644. The van der Waals surface area contributed by atoms with Crippen LogP contribution in [0.1, 0.15) is 30.4 Å². The molecule has 0 bridgehead atoms. The zero-order valence-corrected chi connectivity index (χ0v) is 16.7. The van der Waals surface area contributed by atoms with Gasteiger partial charge in [-0.15, -0.1) is 0 Å². The van der Waals surface area contributed by atoms with Gasteiger partial charge in [-0.2, -0.15) is 0 Å². The molecule has 1 aromatic carbocycles. The molecule has 4 atom stereocenters. The highest BCUT2D eigenvalue weighted by molar-refractivity contribution is 6.06. The van der Waals surface area contributed by atoms with Gasteiger partial charge in [0.25, 0.3) is 11.8 Å². The van der Waals surface area contributed by atoms with E-state index in [9.17, 15) is 9.90 Å².